The lowest BCUT2D eigenvalue weighted by atomic mass is 10.1. The molecule has 1 N–H and O–H groups in total. The Balaban J connectivity index is 1.93. The van der Waals surface area contributed by atoms with E-state index in [4.69, 9.17) is 4.98 Å². The number of benzene rings is 1. The first-order chi connectivity index (χ1) is 10.7. The Kier molecular flexibility index (Phi) is 3.05. The SMILES string of the molecule is Cc1[nH]c2ccccc2c1-c1nc(-c2ccccn2)sc1C. The van der Waals surface area contributed by atoms with Crippen LogP contribution in [0, 0.1) is 13.8 Å². The zero-order chi connectivity index (χ0) is 15.1. The third kappa shape index (κ3) is 2.04. The van der Waals surface area contributed by atoms with Crippen molar-refractivity contribution in [2.24, 2.45) is 0 Å². The highest BCUT2D eigenvalue weighted by atomic mass is 32.1. The number of hydrogen-bond acceptors (Lipinski definition) is 3. The monoisotopic (exact) mass is 305 g/mol. The number of fused-ring (bicyclic) bond motifs is 1. The predicted octanol–water partition coefficient (Wildman–Crippen LogP) is 4.97. The first-order valence-corrected chi connectivity index (χ1v) is 8.02. The van der Waals surface area contributed by atoms with E-state index in [0.717, 1.165) is 27.6 Å². The summed E-state index contributed by atoms with van der Waals surface area (Å²) in [6.07, 6.45) is 1.81. The largest absolute Gasteiger partial charge is 0.358 e. The van der Waals surface area contributed by atoms with Gasteiger partial charge in [0.1, 0.15) is 5.01 Å². The molecular weight excluding hydrogens is 290 g/mol. The van der Waals surface area contributed by atoms with Crippen LogP contribution in [0.1, 0.15) is 10.6 Å². The van der Waals surface area contributed by atoms with Gasteiger partial charge in [0.25, 0.3) is 0 Å². The lowest BCUT2D eigenvalue weighted by Crippen LogP contribution is -1.84. The van der Waals surface area contributed by atoms with Gasteiger partial charge in [-0.05, 0) is 32.0 Å². The summed E-state index contributed by atoms with van der Waals surface area (Å²) in [7, 11) is 0. The van der Waals surface area contributed by atoms with Crippen molar-refractivity contribution in [1.82, 2.24) is 15.0 Å². The molecule has 3 nitrogen and oxygen atoms in total. The molecule has 22 heavy (non-hydrogen) atoms. The summed E-state index contributed by atoms with van der Waals surface area (Å²) in [6, 6.07) is 14.3. The van der Waals surface area contributed by atoms with E-state index >= 15 is 0 Å². The minimum absolute atomic E-state index is 0.930. The molecule has 0 saturated heterocycles. The van der Waals surface area contributed by atoms with Gasteiger partial charge in [0.2, 0.25) is 0 Å². The molecule has 108 valence electrons. The zero-order valence-electron chi connectivity index (χ0n) is 12.4. The number of pyridine rings is 1. The van der Waals surface area contributed by atoms with Gasteiger partial charge >= 0.3 is 0 Å². The maximum absolute atomic E-state index is 4.87. The zero-order valence-corrected chi connectivity index (χ0v) is 13.2. The van der Waals surface area contributed by atoms with Gasteiger partial charge in [-0.1, -0.05) is 24.3 Å². The van der Waals surface area contributed by atoms with Gasteiger partial charge < -0.3 is 4.98 Å². The molecule has 0 aliphatic heterocycles. The number of rotatable bonds is 2. The topological polar surface area (TPSA) is 41.6 Å². The van der Waals surface area contributed by atoms with Crippen molar-refractivity contribution in [2.45, 2.75) is 13.8 Å². The first kappa shape index (κ1) is 13.2. The predicted molar refractivity (Wildman–Crippen MR) is 92.1 cm³/mol. The van der Waals surface area contributed by atoms with Crippen molar-refractivity contribution < 1.29 is 0 Å². The second-order valence-corrected chi connectivity index (χ2v) is 6.51. The van der Waals surface area contributed by atoms with Gasteiger partial charge in [0.05, 0.1) is 11.4 Å². The Labute approximate surface area is 132 Å². The fourth-order valence-corrected chi connectivity index (χ4v) is 3.71. The molecule has 0 bridgehead atoms. The molecule has 3 aromatic heterocycles. The molecule has 0 spiro atoms. The van der Waals surface area contributed by atoms with E-state index in [-0.39, 0.29) is 0 Å². The number of aromatic nitrogens is 3. The van der Waals surface area contributed by atoms with Crippen molar-refractivity contribution in [3.05, 3.63) is 59.2 Å². The molecule has 0 radical (unpaired) electrons. The summed E-state index contributed by atoms with van der Waals surface area (Å²) in [5.74, 6) is 0. The van der Waals surface area contributed by atoms with E-state index in [0.29, 0.717) is 0 Å². The van der Waals surface area contributed by atoms with Crippen LogP contribution in [-0.2, 0) is 0 Å². The third-order valence-corrected chi connectivity index (χ3v) is 4.80. The van der Waals surface area contributed by atoms with Crippen LogP contribution in [0.15, 0.2) is 48.7 Å². The number of hydrogen-bond donors (Lipinski definition) is 1. The Morgan fingerprint density at radius 3 is 2.64 bits per heavy atom. The standard InChI is InChI=1S/C18H15N3S/c1-11-16(13-7-3-4-8-14(13)20-11)17-12(2)22-18(21-17)15-9-5-6-10-19-15/h3-10,20H,1-2H3. The van der Waals surface area contributed by atoms with Crippen molar-refractivity contribution in [2.75, 3.05) is 0 Å². The lowest BCUT2D eigenvalue weighted by Gasteiger charge is -1.99. The molecule has 0 aliphatic rings. The van der Waals surface area contributed by atoms with Crippen molar-refractivity contribution in [1.29, 1.82) is 0 Å². The second kappa shape index (κ2) is 5.07. The number of thiazole rings is 1. The summed E-state index contributed by atoms with van der Waals surface area (Å²) in [5, 5.41) is 2.19. The average molecular weight is 305 g/mol. The molecule has 0 atom stereocenters. The van der Waals surface area contributed by atoms with E-state index in [9.17, 15) is 0 Å². The normalized spacial score (nSPS) is 11.2. The molecule has 1 aromatic carbocycles. The van der Waals surface area contributed by atoms with Crippen LogP contribution in [0.25, 0.3) is 32.9 Å². The summed E-state index contributed by atoms with van der Waals surface area (Å²) in [6.45, 7) is 4.23. The number of aryl methyl sites for hydroxylation is 2. The van der Waals surface area contributed by atoms with Gasteiger partial charge in [-0.2, -0.15) is 0 Å². The van der Waals surface area contributed by atoms with Crippen LogP contribution in [0.4, 0.5) is 0 Å². The van der Waals surface area contributed by atoms with E-state index in [2.05, 4.69) is 48.1 Å². The highest BCUT2D eigenvalue weighted by Crippen LogP contribution is 2.37. The van der Waals surface area contributed by atoms with E-state index in [1.807, 2.05) is 24.4 Å². The highest BCUT2D eigenvalue weighted by Gasteiger charge is 2.17. The number of nitrogens with zero attached hydrogens (tertiary/aromatic N) is 2. The molecule has 0 amide bonds. The molecule has 4 rings (SSSR count). The van der Waals surface area contributed by atoms with Crippen LogP contribution >= 0.6 is 11.3 Å². The number of nitrogens with one attached hydrogen (secondary N) is 1. The maximum Gasteiger partial charge on any atom is 0.142 e. The second-order valence-electron chi connectivity index (χ2n) is 5.31. The smallest absolute Gasteiger partial charge is 0.142 e. The Morgan fingerprint density at radius 2 is 1.82 bits per heavy atom. The Bertz CT molecular complexity index is 951. The first-order valence-electron chi connectivity index (χ1n) is 7.20. The van der Waals surface area contributed by atoms with Gasteiger partial charge in [-0.25, -0.2) is 4.98 Å². The lowest BCUT2D eigenvalue weighted by molar-refractivity contribution is 1.26. The molecule has 4 heteroatoms. The van der Waals surface area contributed by atoms with Crippen molar-refractivity contribution >= 4 is 22.2 Å². The van der Waals surface area contributed by atoms with Crippen LogP contribution in [0.3, 0.4) is 0 Å². The minimum Gasteiger partial charge on any atom is -0.358 e. The van der Waals surface area contributed by atoms with E-state index in [1.54, 1.807) is 11.3 Å². The average Bonchev–Trinajstić information content (AvgIpc) is 3.07. The summed E-state index contributed by atoms with van der Waals surface area (Å²) < 4.78 is 0. The molecule has 0 fully saturated rings. The summed E-state index contributed by atoms with van der Waals surface area (Å²) in [4.78, 5) is 13.9. The number of H-pyrrole nitrogens is 1. The van der Waals surface area contributed by atoms with Crippen LogP contribution in [0.2, 0.25) is 0 Å². The van der Waals surface area contributed by atoms with Crippen LogP contribution in [0.5, 0.6) is 0 Å². The number of para-hydroxylation sites is 1. The maximum atomic E-state index is 4.87. The van der Waals surface area contributed by atoms with E-state index < -0.39 is 0 Å². The molecule has 0 aliphatic carbocycles. The fraction of sp³-hybridized carbons (Fsp3) is 0.111. The summed E-state index contributed by atoms with van der Waals surface area (Å²) >= 11 is 1.70. The van der Waals surface area contributed by atoms with E-state index in [1.165, 1.54) is 15.8 Å². The minimum atomic E-state index is 0.930. The van der Waals surface area contributed by atoms with Gasteiger partial charge in [-0.15, -0.1) is 11.3 Å². The third-order valence-electron chi connectivity index (χ3n) is 3.81. The van der Waals surface area contributed by atoms with Gasteiger partial charge in [0, 0.05) is 33.2 Å². The van der Waals surface area contributed by atoms with Gasteiger partial charge in [0.15, 0.2) is 0 Å². The molecule has 0 saturated carbocycles. The summed E-state index contributed by atoms with van der Waals surface area (Å²) in [5.41, 5.74) is 5.50. The Morgan fingerprint density at radius 1 is 1.00 bits per heavy atom. The van der Waals surface area contributed by atoms with Crippen LogP contribution < -0.4 is 0 Å². The molecular formula is C18H15N3S. The van der Waals surface area contributed by atoms with Gasteiger partial charge in [-0.3, -0.25) is 4.98 Å². The molecule has 3 heterocycles. The van der Waals surface area contributed by atoms with Crippen LogP contribution in [-0.4, -0.2) is 15.0 Å². The quantitative estimate of drug-likeness (QED) is 0.568. The highest BCUT2D eigenvalue weighted by molar-refractivity contribution is 7.15. The fourth-order valence-electron chi connectivity index (χ4n) is 2.81. The van der Waals surface area contributed by atoms with Crippen molar-refractivity contribution in [3.63, 3.8) is 0 Å². The Hall–Kier alpha value is -2.46. The van der Waals surface area contributed by atoms with Crippen molar-refractivity contribution in [3.8, 4) is 22.0 Å². The molecule has 4 aromatic rings. The number of aromatic amines is 1. The molecule has 0 unspecified atom stereocenters.